The van der Waals surface area contributed by atoms with Crippen molar-refractivity contribution in [2.45, 2.75) is 40.0 Å². The maximum absolute atomic E-state index is 4.04. The molecule has 0 heteroatoms. The molecule has 0 bridgehead atoms. The standard InChI is InChI=1S/C11H20/c1-6-8-11(7-2)10(5)9(3)4/h11H,3,5-8H2,1-2,4H3. The van der Waals surface area contributed by atoms with Crippen molar-refractivity contribution in [2.24, 2.45) is 5.92 Å². The molecule has 1 atom stereocenters. The average Bonchev–Trinajstić information content (AvgIpc) is 1.98. The van der Waals surface area contributed by atoms with E-state index in [1.807, 2.05) is 6.92 Å². The minimum absolute atomic E-state index is 0.664. The lowest BCUT2D eigenvalue weighted by Gasteiger charge is -2.16. The molecule has 0 aromatic rings. The van der Waals surface area contributed by atoms with E-state index in [2.05, 4.69) is 27.0 Å². The van der Waals surface area contributed by atoms with Crippen molar-refractivity contribution in [2.75, 3.05) is 0 Å². The Kier molecular flexibility index (Phi) is 4.93. The highest BCUT2D eigenvalue weighted by Gasteiger charge is 2.08. The molecule has 11 heavy (non-hydrogen) atoms. The molecule has 0 aliphatic rings. The number of hydrogen-bond acceptors (Lipinski definition) is 0. The van der Waals surface area contributed by atoms with Crippen LogP contribution in [0.15, 0.2) is 24.3 Å². The lowest BCUT2D eigenvalue weighted by molar-refractivity contribution is 0.541. The van der Waals surface area contributed by atoms with Crippen LogP contribution >= 0.6 is 0 Å². The van der Waals surface area contributed by atoms with Gasteiger partial charge in [-0.25, -0.2) is 0 Å². The van der Waals surface area contributed by atoms with E-state index in [0.29, 0.717) is 5.92 Å². The number of hydrogen-bond donors (Lipinski definition) is 0. The van der Waals surface area contributed by atoms with Crippen LogP contribution in [-0.2, 0) is 0 Å². The van der Waals surface area contributed by atoms with E-state index in [1.54, 1.807) is 0 Å². The number of rotatable bonds is 5. The molecule has 0 fully saturated rings. The van der Waals surface area contributed by atoms with Crippen LogP contribution in [0.4, 0.5) is 0 Å². The molecule has 0 aromatic heterocycles. The topological polar surface area (TPSA) is 0 Å². The Morgan fingerprint density at radius 3 is 2.09 bits per heavy atom. The molecule has 0 N–H and O–H groups in total. The summed E-state index contributed by atoms with van der Waals surface area (Å²) < 4.78 is 0. The van der Waals surface area contributed by atoms with Gasteiger partial charge in [-0.1, -0.05) is 39.0 Å². The van der Waals surface area contributed by atoms with Crippen LogP contribution in [-0.4, -0.2) is 0 Å². The zero-order valence-electron chi connectivity index (χ0n) is 8.11. The van der Waals surface area contributed by atoms with Crippen LogP contribution in [0.5, 0.6) is 0 Å². The average molecular weight is 152 g/mol. The van der Waals surface area contributed by atoms with Gasteiger partial charge in [0.25, 0.3) is 0 Å². The summed E-state index contributed by atoms with van der Waals surface area (Å²) in [4.78, 5) is 0. The highest BCUT2D eigenvalue weighted by Crippen LogP contribution is 2.23. The van der Waals surface area contributed by atoms with Crippen LogP contribution in [0.3, 0.4) is 0 Å². The lowest BCUT2D eigenvalue weighted by atomic mass is 9.89. The normalized spacial score (nSPS) is 12.6. The van der Waals surface area contributed by atoms with Gasteiger partial charge in [0, 0.05) is 0 Å². The molecule has 0 aliphatic carbocycles. The second-order valence-corrected chi connectivity index (χ2v) is 3.20. The fourth-order valence-electron chi connectivity index (χ4n) is 1.32. The molecule has 0 aliphatic heterocycles. The molecule has 64 valence electrons. The minimum Gasteiger partial charge on any atom is -0.0958 e. The van der Waals surface area contributed by atoms with Crippen LogP contribution in [0.2, 0.25) is 0 Å². The maximum Gasteiger partial charge on any atom is -0.0168 e. The Morgan fingerprint density at radius 2 is 1.82 bits per heavy atom. The Hall–Kier alpha value is -0.520. The Balaban J connectivity index is 4.02. The van der Waals surface area contributed by atoms with Crippen LogP contribution in [0.1, 0.15) is 40.0 Å². The Bertz CT molecular complexity index is 142. The van der Waals surface area contributed by atoms with Crippen LogP contribution in [0, 0.1) is 5.92 Å². The van der Waals surface area contributed by atoms with E-state index in [4.69, 9.17) is 0 Å². The van der Waals surface area contributed by atoms with Gasteiger partial charge in [-0.2, -0.15) is 0 Å². The van der Waals surface area contributed by atoms with Crippen molar-refractivity contribution >= 4 is 0 Å². The first-order valence-electron chi connectivity index (χ1n) is 4.48. The first-order chi connectivity index (χ1) is 5.13. The van der Waals surface area contributed by atoms with E-state index in [-0.39, 0.29) is 0 Å². The number of allylic oxidation sites excluding steroid dienone is 2. The van der Waals surface area contributed by atoms with Crippen molar-refractivity contribution in [3.05, 3.63) is 24.3 Å². The fraction of sp³-hybridized carbons (Fsp3) is 0.636. The summed E-state index contributed by atoms with van der Waals surface area (Å²) in [7, 11) is 0. The summed E-state index contributed by atoms with van der Waals surface area (Å²) in [5.41, 5.74) is 2.39. The Morgan fingerprint density at radius 1 is 1.27 bits per heavy atom. The third-order valence-electron chi connectivity index (χ3n) is 2.17. The molecule has 0 spiro atoms. The molecule has 0 nitrogen and oxygen atoms in total. The SMILES string of the molecule is C=C(C)C(=C)C(CC)CCC. The monoisotopic (exact) mass is 152 g/mol. The second-order valence-electron chi connectivity index (χ2n) is 3.20. The van der Waals surface area contributed by atoms with Crippen molar-refractivity contribution in [3.63, 3.8) is 0 Å². The third-order valence-corrected chi connectivity index (χ3v) is 2.17. The van der Waals surface area contributed by atoms with E-state index >= 15 is 0 Å². The summed E-state index contributed by atoms with van der Waals surface area (Å²) in [6, 6.07) is 0. The van der Waals surface area contributed by atoms with Crippen molar-refractivity contribution < 1.29 is 0 Å². The molecular formula is C11H20. The van der Waals surface area contributed by atoms with E-state index in [9.17, 15) is 0 Å². The van der Waals surface area contributed by atoms with Crippen LogP contribution in [0.25, 0.3) is 0 Å². The highest BCUT2D eigenvalue weighted by molar-refractivity contribution is 5.25. The first-order valence-corrected chi connectivity index (χ1v) is 4.48. The third kappa shape index (κ3) is 3.41. The molecule has 0 rings (SSSR count). The summed E-state index contributed by atoms with van der Waals surface area (Å²) in [5.74, 6) is 0.664. The molecule has 0 saturated heterocycles. The maximum atomic E-state index is 4.04. The van der Waals surface area contributed by atoms with Gasteiger partial charge in [-0.15, -0.1) is 0 Å². The van der Waals surface area contributed by atoms with E-state index < -0.39 is 0 Å². The highest BCUT2D eigenvalue weighted by atomic mass is 14.1. The molecule has 1 unspecified atom stereocenters. The van der Waals surface area contributed by atoms with Gasteiger partial charge in [-0.05, 0) is 31.3 Å². The lowest BCUT2D eigenvalue weighted by Crippen LogP contribution is -2.02. The van der Waals surface area contributed by atoms with Crippen molar-refractivity contribution in [3.8, 4) is 0 Å². The summed E-state index contributed by atoms with van der Waals surface area (Å²) >= 11 is 0. The fourth-order valence-corrected chi connectivity index (χ4v) is 1.32. The summed E-state index contributed by atoms with van der Waals surface area (Å²) in [6.07, 6.45) is 3.69. The predicted octanol–water partition coefficient (Wildman–Crippen LogP) is 3.95. The van der Waals surface area contributed by atoms with Crippen LogP contribution < -0.4 is 0 Å². The molecule has 0 aromatic carbocycles. The smallest absolute Gasteiger partial charge is 0.0168 e. The molecule has 0 radical (unpaired) electrons. The first kappa shape index (κ1) is 10.5. The zero-order valence-corrected chi connectivity index (χ0v) is 8.11. The van der Waals surface area contributed by atoms with E-state index in [1.165, 1.54) is 24.8 Å². The van der Waals surface area contributed by atoms with Gasteiger partial charge in [0.15, 0.2) is 0 Å². The largest absolute Gasteiger partial charge is 0.0958 e. The van der Waals surface area contributed by atoms with Gasteiger partial charge in [0.2, 0.25) is 0 Å². The van der Waals surface area contributed by atoms with Crippen molar-refractivity contribution in [1.29, 1.82) is 0 Å². The quantitative estimate of drug-likeness (QED) is 0.523. The summed E-state index contributed by atoms with van der Waals surface area (Å²) in [6.45, 7) is 14.4. The second kappa shape index (κ2) is 5.17. The zero-order chi connectivity index (χ0) is 8.85. The van der Waals surface area contributed by atoms with Gasteiger partial charge in [0.05, 0.1) is 0 Å². The van der Waals surface area contributed by atoms with Crippen molar-refractivity contribution in [1.82, 2.24) is 0 Å². The van der Waals surface area contributed by atoms with Gasteiger partial charge in [-0.3, -0.25) is 0 Å². The van der Waals surface area contributed by atoms with Gasteiger partial charge in [0.1, 0.15) is 0 Å². The molecule has 0 saturated carbocycles. The Labute approximate surface area is 71.0 Å². The minimum atomic E-state index is 0.664. The van der Waals surface area contributed by atoms with Gasteiger partial charge >= 0.3 is 0 Å². The molecule has 0 heterocycles. The van der Waals surface area contributed by atoms with E-state index in [0.717, 1.165) is 5.57 Å². The molecular weight excluding hydrogens is 132 g/mol. The van der Waals surface area contributed by atoms with Gasteiger partial charge < -0.3 is 0 Å². The summed E-state index contributed by atoms with van der Waals surface area (Å²) in [5, 5.41) is 0. The predicted molar refractivity (Wildman–Crippen MR) is 52.6 cm³/mol. The molecule has 0 amide bonds.